The topological polar surface area (TPSA) is 24.1 Å². The van der Waals surface area contributed by atoms with E-state index in [-0.39, 0.29) is 30.0 Å². The number of anilines is 1. The zero-order valence-electron chi connectivity index (χ0n) is 7.80. The molecular formula is C9H9Cl2IN2S. The van der Waals surface area contributed by atoms with Gasteiger partial charge in [-0.2, -0.15) is 0 Å². The van der Waals surface area contributed by atoms with Crippen LogP contribution in [0.5, 0.6) is 0 Å². The molecule has 0 fully saturated rings. The van der Waals surface area contributed by atoms with Crippen molar-refractivity contribution >= 4 is 70.2 Å². The Morgan fingerprint density at radius 3 is 2.53 bits per heavy atom. The molecule has 1 atom stereocenters. The molecule has 1 aliphatic heterocycles. The van der Waals surface area contributed by atoms with Crippen molar-refractivity contribution in [3.05, 3.63) is 27.7 Å². The van der Waals surface area contributed by atoms with Crippen LogP contribution in [0.1, 0.15) is 18.5 Å². The van der Waals surface area contributed by atoms with E-state index in [1.807, 2.05) is 6.92 Å². The van der Waals surface area contributed by atoms with Gasteiger partial charge in [-0.1, -0.05) is 23.2 Å². The van der Waals surface area contributed by atoms with Gasteiger partial charge in [-0.15, -0.1) is 24.0 Å². The average molecular weight is 375 g/mol. The van der Waals surface area contributed by atoms with Gasteiger partial charge in [0.05, 0.1) is 16.8 Å². The van der Waals surface area contributed by atoms with Crippen molar-refractivity contribution in [2.75, 3.05) is 5.32 Å². The standard InChI is InChI=1S/C9H8Cl2N2S.HI/c1-4-7-5(10)2-3-6(11)8(7)13-9(14)12-4;/h2-4H,1H3,(H2,12,13,14);1H. The molecule has 2 N–H and O–H groups in total. The number of thiocarbonyl (C=S) groups is 1. The zero-order chi connectivity index (χ0) is 10.3. The second-order valence-electron chi connectivity index (χ2n) is 3.14. The third-order valence-electron chi connectivity index (χ3n) is 2.16. The largest absolute Gasteiger partial charge is 0.356 e. The first-order valence-electron chi connectivity index (χ1n) is 4.15. The van der Waals surface area contributed by atoms with Gasteiger partial charge in [-0.25, -0.2) is 0 Å². The van der Waals surface area contributed by atoms with E-state index in [0.717, 1.165) is 11.3 Å². The summed E-state index contributed by atoms with van der Waals surface area (Å²) in [5.41, 5.74) is 1.78. The van der Waals surface area contributed by atoms with E-state index in [2.05, 4.69) is 10.6 Å². The summed E-state index contributed by atoms with van der Waals surface area (Å²) < 4.78 is 0. The molecule has 0 radical (unpaired) electrons. The van der Waals surface area contributed by atoms with E-state index in [1.54, 1.807) is 12.1 Å². The number of halogens is 3. The van der Waals surface area contributed by atoms with Crippen molar-refractivity contribution in [3.63, 3.8) is 0 Å². The minimum absolute atomic E-state index is 0. The van der Waals surface area contributed by atoms with Gasteiger partial charge in [0.2, 0.25) is 0 Å². The van der Waals surface area contributed by atoms with Crippen molar-refractivity contribution in [1.82, 2.24) is 5.32 Å². The van der Waals surface area contributed by atoms with Gasteiger partial charge in [0.1, 0.15) is 0 Å². The van der Waals surface area contributed by atoms with Crippen LogP contribution in [0.3, 0.4) is 0 Å². The molecule has 0 aromatic heterocycles. The Labute approximate surface area is 121 Å². The van der Waals surface area contributed by atoms with E-state index in [9.17, 15) is 0 Å². The molecule has 0 saturated carbocycles. The van der Waals surface area contributed by atoms with Crippen LogP contribution in [0.4, 0.5) is 5.69 Å². The first-order chi connectivity index (χ1) is 6.59. The third-order valence-corrected chi connectivity index (χ3v) is 3.03. The SMILES string of the molecule is CC1NC(=S)Nc2c(Cl)ccc(Cl)c21.I. The lowest BCUT2D eigenvalue weighted by Crippen LogP contribution is -2.36. The summed E-state index contributed by atoms with van der Waals surface area (Å²) in [6.07, 6.45) is 0. The molecule has 0 bridgehead atoms. The summed E-state index contributed by atoms with van der Waals surface area (Å²) in [4.78, 5) is 0. The predicted molar refractivity (Wildman–Crippen MR) is 79.6 cm³/mol. The van der Waals surface area contributed by atoms with Crippen LogP contribution in [-0.2, 0) is 0 Å². The van der Waals surface area contributed by atoms with Crippen LogP contribution in [-0.4, -0.2) is 5.11 Å². The highest BCUT2D eigenvalue weighted by molar-refractivity contribution is 14.0. The van der Waals surface area contributed by atoms with Crippen LogP contribution in [0.2, 0.25) is 10.0 Å². The van der Waals surface area contributed by atoms with Gasteiger partial charge in [0, 0.05) is 10.6 Å². The molecule has 1 aromatic rings. The highest BCUT2D eigenvalue weighted by atomic mass is 127. The molecule has 0 amide bonds. The summed E-state index contributed by atoms with van der Waals surface area (Å²) in [6.45, 7) is 1.99. The second-order valence-corrected chi connectivity index (χ2v) is 4.36. The Hall–Kier alpha value is 0.220. The van der Waals surface area contributed by atoms with Crippen molar-refractivity contribution < 1.29 is 0 Å². The number of hydrogen-bond acceptors (Lipinski definition) is 1. The van der Waals surface area contributed by atoms with E-state index in [4.69, 9.17) is 35.4 Å². The van der Waals surface area contributed by atoms with E-state index in [0.29, 0.717) is 15.2 Å². The molecular weight excluding hydrogens is 366 g/mol. The van der Waals surface area contributed by atoms with Crippen LogP contribution < -0.4 is 10.6 Å². The number of benzene rings is 1. The summed E-state index contributed by atoms with van der Waals surface area (Å²) in [6, 6.07) is 3.64. The lowest BCUT2D eigenvalue weighted by atomic mass is 10.0. The fourth-order valence-electron chi connectivity index (χ4n) is 1.54. The molecule has 15 heavy (non-hydrogen) atoms. The zero-order valence-corrected chi connectivity index (χ0v) is 12.5. The normalized spacial score (nSPS) is 18.3. The lowest BCUT2D eigenvalue weighted by Gasteiger charge is -2.28. The summed E-state index contributed by atoms with van der Waals surface area (Å²) in [5.74, 6) is 0. The van der Waals surface area contributed by atoms with Crippen molar-refractivity contribution in [2.24, 2.45) is 0 Å². The smallest absolute Gasteiger partial charge is 0.171 e. The maximum absolute atomic E-state index is 6.07. The summed E-state index contributed by atoms with van der Waals surface area (Å²) in [7, 11) is 0. The Morgan fingerprint density at radius 2 is 1.87 bits per heavy atom. The quantitative estimate of drug-likeness (QED) is 0.530. The van der Waals surface area contributed by atoms with Gasteiger partial charge >= 0.3 is 0 Å². The molecule has 1 aromatic carbocycles. The molecule has 0 saturated heterocycles. The monoisotopic (exact) mass is 374 g/mol. The fraction of sp³-hybridized carbons (Fsp3) is 0.222. The van der Waals surface area contributed by atoms with Crippen LogP contribution in [0.15, 0.2) is 12.1 Å². The van der Waals surface area contributed by atoms with Gasteiger partial charge in [-0.05, 0) is 31.3 Å². The predicted octanol–water partition coefficient (Wildman–Crippen LogP) is 3.97. The van der Waals surface area contributed by atoms with E-state index >= 15 is 0 Å². The Kier molecular flexibility index (Phi) is 4.46. The summed E-state index contributed by atoms with van der Waals surface area (Å²) >= 11 is 17.1. The Bertz CT molecular complexity index is 411. The van der Waals surface area contributed by atoms with Gasteiger partial charge in [0.25, 0.3) is 0 Å². The maximum atomic E-state index is 6.07. The average Bonchev–Trinajstić information content (AvgIpc) is 2.10. The van der Waals surface area contributed by atoms with Crippen LogP contribution >= 0.6 is 59.4 Å². The number of fused-ring (bicyclic) bond motifs is 1. The van der Waals surface area contributed by atoms with Gasteiger partial charge < -0.3 is 10.6 Å². The van der Waals surface area contributed by atoms with E-state index in [1.165, 1.54) is 0 Å². The second kappa shape index (κ2) is 5.03. The van der Waals surface area contributed by atoms with Gasteiger partial charge in [0.15, 0.2) is 5.11 Å². The molecule has 0 aliphatic carbocycles. The molecule has 82 valence electrons. The molecule has 1 unspecified atom stereocenters. The Morgan fingerprint density at radius 1 is 1.27 bits per heavy atom. The maximum Gasteiger partial charge on any atom is 0.171 e. The highest BCUT2D eigenvalue weighted by Gasteiger charge is 2.23. The van der Waals surface area contributed by atoms with Crippen LogP contribution in [0, 0.1) is 0 Å². The molecule has 6 heteroatoms. The van der Waals surface area contributed by atoms with Gasteiger partial charge in [-0.3, -0.25) is 0 Å². The van der Waals surface area contributed by atoms with Crippen molar-refractivity contribution in [1.29, 1.82) is 0 Å². The molecule has 0 spiro atoms. The third kappa shape index (κ3) is 2.49. The minimum atomic E-state index is 0. The number of nitrogens with one attached hydrogen (secondary N) is 2. The molecule has 2 nitrogen and oxygen atoms in total. The van der Waals surface area contributed by atoms with Crippen molar-refractivity contribution in [2.45, 2.75) is 13.0 Å². The molecule has 2 rings (SSSR count). The first kappa shape index (κ1) is 13.3. The molecule has 1 aliphatic rings. The first-order valence-corrected chi connectivity index (χ1v) is 5.31. The van der Waals surface area contributed by atoms with Crippen molar-refractivity contribution in [3.8, 4) is 0 Å². The summed E-state index contributed by atoms with van der Waals surface area (Å²) in [5, 5.41) is 7.99. The fourth-order valence-corrected chi connectivity index (χ4v) is 2.35. The number of hydrogen-bond donors (Lipinski definition) is 2. The minimum Gasteiger partial charge on any atom is -0.356 e. The highest BCUT2D eigenvalue weighted by Crippen LogP contribution is 2.37. The molecule has 1 heterocycles. The van der Waals surface area contributed by atoms with E-state index < -0.39 is 0 Å². The lowest BCUT2D eigenvalue weighted by molar-refractivity contribution is 0.713. The number of rotatable bonds is 0. The van der Waals surface area contributed by atoms with Crippen LogP contribution in [0.25, 0.3) is 0 Å². The Balaban J connectivity index is 0.00000112.